The lowest BCUT2D eigenvalue weighted by Gasteiger charge is -2.32. The number of likely N-dealkylation sites (tertiary alicyclic amines) is 1. The summed E-state index contributed by atoms with van der Waals surface area (Å²) in [6.45, 7) is 3.46. The third-order valence-electron chi connectivity index (χ3n) is 6.04. The van der Waals surface area contributed by atoms with Crippen LogP contribution in [0.5, 0.6) is 0 Å². The van der Waals surface area contributed by atoms with Crippen LogP contribution in [0.3, 0.4) is 0 Å². The Balaban J connectivity index is 1.36. The van der Waals surface area contributed by atoms with E-state index in [4.69, 9.17) is 4.98 Å². The minimum atomic E-state index is -0.363. The summed E-state index contributed by atoms with van der Waals surface area (Å²) >= 11 is 0. The van der Waals surface area contributed by atoms with Crippen LogP contribution >= 0.6 is 0 Å². The number of carbonyl (C=O) groups excluding carboxylic acids is 1. The van der Waals surface area contributed by atoms with Gasteiger partial charge in [0.05, 0.1) is 6.54 Å². The zero-order valence-electron chi connectivity index (χ0n) is 18.7. The second-order valence-corrected chi connectivity index (χ2v) is 8.58. The summed E-state index contributed by atoms with van der Waals surface area (Å²) in [7, 11) is 0. The molecule has 2 aromatic heterocycles. The van der Waals surface area contributed by atoms with Crippen LogP contribution in [0.4, 0.5) is 14.9 Å². The second-order valence-electron chi connectivity index (χ2n) is 8.58. The summed E-state index contributed by atoms with van der Waals surface area (Å²) in [4.78, 5) is 34.7. The number of aromatic nitrogens is 5. The van der Waals surface area contributed by atoms with Crippen molar-refractivity contribution in [3.05, 3.63) is 81.7 Å². The Bertz CT molecular complexity index is 1380. The first-order chi connectivity index (χ1) is 16.5. The van der Waals surface area contributed by atoms with E-state index in [0.29, 0.717) is 36.8 Å². The minimum absolute atomic E-state index is 0.132. The topological polar surface area (TPSA) is 109 Å². The fourth-order valence-corrected chi connectivity index (χ4v) is 4.17. The molecular weight excluding hydrogens is 437 g/mol. The molecule has 174 valence electrons. The quantitative estimate of drug-likeness (QED) is 0.484. The van der Waals surface area contributed by atoms with Crippen molar-refractivity contribution in [2.45, 2.75) is 32.2 Å². The molecule has 10 heteroatoms. The fourth-order valence-electron chi connectivity index (χ4n) is 4.17. The van der Waals surface area contributed by atoms with Gasteiger partial charge in [0.2, 0.25) is 0 Å². The predicted octanol–water partition coefficient (Wildman–Crippen LogP) is 3.42. The number of halogens is 1. The zero-order valence-corrected chi connectivity index (χ0v) is 18.7. The molecule has 9 nitrogen and oxygen atoms in total. The number of carbonyl (C=O) groups is 1. The number of fused-ring (bicyclic) bond motifs is 1. The third-order valence-corrected chi connectivity index (χ3v) is 6.04. The zero-order chi connectivity index (χ0) is 23.7. The lowest BCUT2D eigenvalue weighted by atomic mass is 9.97. The van der Waals surface area contributed by atoms with Crippen molar-refractivity contribution < 1.29 is 9.18 Å². The first kappa shape index (κ1) is 21.7. The number of hydrogen-bond acceptors (Lipinski definition) is 5. The highest BCUT2D eigenvalue weighted by Gasteiger charge is 2.27. The van der Waals surface area contributed by atoms with Gasteiger partial charge in [0.1, 0.15) is 11.6 Å². The predicted molar refractivity (Wildman–Crippen MR) is 125 cm³/mol. The molecule has 0 radical (unpaired) electrons. The smallest absolute Gasteiger partial charge is 0.321 e. The Morgan fingerprint density at radius 1 is 1.18 bits per heavy atom. The van der Waals surface area contributed by atoms with Crippen molar-refractivity contribution in [2.75, 3.05) is 18.4 Å². The van der Waals surface area contributed by atoms with Crippen LogP contribution in [0.25, 0.3) is 11.2 Å². The Morgan fingerprint density at radius 3 is 2.71 bits per heavy atom. The maximum atomic E-state index is 13.1. The van der Waals surface area contributed by atoms with Crippen LogP contribution in [0.15, 0.2) is 53.3 Å². The monoisotopic (exact) mass is 461 g/mol. The number of urea groups is 1. The number of H-pyrrole nitrogens is 1. The van der Waals surface area contributed by atoms with Crippen LogP contribution in [0.2, 0.25) is 0 Å². The van der Waals surface area contributed by atoms with Gasteiger partial charge in [-0.3, -0.25) is 4.79 Å². The minimum Gasteiger partial charge on any atom is -0.324 e. The van der Waals surface area contributed by atoms with Gasteiger partial charge >= 0.3 is 6.03 Å². The molecule has 2 N–H and O–H groups in total. The Morgan fingerprint density at radius 2 is 1.94 bits per heavy atom. The number of aryl methyl sites for hydroxylation is 1. The first-order valence-electron chi connectivity index (χ1n) is 11.2. The van der Waals surface area contributed by atoms with Crippen LogP contribution in [0, 0.1) is 12.7 Å². The molecule has 5 rings (SSSR count). The molecule has 0 unspecified atom stereocenters. The van der Waals surface area contributed by atoms with E-state index in [1.165, 1.54) is 24.3 Å². The number of anilines is 1. The number of hydrogen-bond donors (Lipinski definition) is 2. The van der Waals surface area contributed by atoms with Crippen molar-refractivity contribution in [3.63, 3.8) is 0 Å². The fraction of sp³-hybridized carbons (Fsp3) is 0.292. The number of amides is 2. The summed E-state index contributed by atoms with van der Waals surface area (Å²) < 4.78 is 14.8. The van der Waals surface area contributed by atoms with E-state index in [-0.39, 0.29) is 28.8 Å². The van der Waals surface area contributed by atoms with Gasteiger partial charge < -0.3 is 15.2 Å². The number of rotatable bonds is 4. The molecule has 0 saturated carbocycles. The van der Waals surface area contributed by atoms with Gasteiger partial charge in [-0.2, -0.15) is 0 Å². The molecule has 0 aliphatic carbocycles. The first-order valence-corrected chi connectivity index (χ1v) is 11.2. The average Bonchev–Trinajstić information content (AvgIpc) is 3.25. The number of nitrogens with zero attached hydrogens (tertiary/aromatic N) is 5. The number of nitrogens with one attached hydrogen (secondary N) is 2. The average molecular weight is 462 g/mol. The number of benzene rings is 2. The Kier molecular flexibility index (Phi) is 5.79. The number of aromatic amines is 1. The van der Waals surface area contributed by atoms with Gasteiger partial charge in [0, 0.05) is 24.7 Å². The van der Waals surface area contributed by atoms with Crippen LogP contribution in [0.1, 0.15) is 35.7 Å². The van der Waals surface area contributed by atoms with E-state index in [1.807, 2.05) is 31.2 Å². The molecule has 2 amide bonds. The van der Waals surface area contributed by atoms with Crippen LogP contribution < -0.4 is 10.9 Å². The summed E-state index contributed by atoms with van der Waals surface area (Å²) in [5.74, 6) is 0.0225. The molecule has 3 heterocycles. The summed E-state index contributed by atoms with van der Waals surface area (Å²) in [5, 5.41) is 11.0. The molecule has 0 bridgehead atoms. The van der Waals surface area contributed by atoms with Crippen molar-refractivity contribution in [1.82, 2.24) is 29.9 Å². The van der Waals surface area contributed by atoms with Crippen molar-refractivity contribution in [1.29, 1.82) is 0 Å². The largest absolute Gasteiger partial charge is 0.324 e. The van der Waals surface area contributed by atoms with Gasteiger partial charge in [-0.05, 0) is 49.6 Å². The van der Waals surface area contributed by atoms with Crippen LogP contribution in [-0.4, -0.2) is 49.0 Å². The van der Waals surface area contributed by atoms with E-state index in [0.717, 1.165) is 24.0 Å². The third kappa shape index (κ3) is 4.52. The summed E-state index contributed by atoms with van der Waals surface area (Å²) in [6, 6.07) is 13.4. The molecule has 0 spiro atoms. The maximum Gasteiger partial charge on any atom is 0.321 e. The van der Waals surface area contributed by atoms with E-state index in [1.54, 1.807) is 9.58 Å². The summed E-state index contributed by atoms with van der Waals surface area (Å²) in [6.07, 6.45) is 1.55. The van der Waals surface area contributed by atoms with Crippen molar-refractivity contribution in [2.24, 2.45) is 0 Å². The Labute approximate surface area is 194 Å². The van der Waals surface area contributed by atoms with Gasteiger partial charge in [0.15, 0.2) is 11.2 Å². The highest BCUT2D eigenvalue weighted by atomic mass is 19.1. The highest BCUT2D eigenvalue weighted by Crippen LogP contribution is 2.25. The van der Waals surface area contributed by atoms with Gasteiger partial charge in [-0.1, -0.05) is 35.0 Å². The second kappa shape index (κ2) is 9.05. The Hall–Kier alpha value is -4.08. The molecule has 1 atom stereocenters. The highest BCUT2D eigenvalue weighted by molar-refractivity contribution is 5.89. The maximum absolute atomic E-state index is 13.1. The lowest BCUT2D eigenvalue weighted by Crippen LogP contribution is -2.42. The van der Waals surface area contributed by atoms with Gasteiger partial charge in [-0.15, -0.1) is 5.10 Å². The molecule has 1 saturated heterocycles. The molecule has 4 aromatic rings. The molecule has 1 aliphatic rings. The van der Waals surface area contributed by atoms with Gasteiger partial charge in [0.25, 0.3) is 5.56 Å². The molecule has 1 aliphatic heterocycles. The van der Waals surface area contributed by atoms with E-state index in [2.05, 4.69) is 20.6 Å². The van der Waals surface area contributed by atoms with E-state index < -0.39 is 0 Å². The lowest BCUT2D eigenvalue weighted by molar-refractivity contribution is 0.191. The van der Waals surface area contributed by atoms with Gasteiger partial charge in [-0.25, -0.2) is 18.9 Å². The normalized spacial score (nSPS) is 16.1. The number of piperidine rings is 1. The molecule has 34 heavy (non-hydrogen) atoms. The SMILES string of the molecule is Cc1ccc(Cn2nnc3c(=O)[nH]c([C@H]4CCCN(C(=O)Nc5ccc(F)cc5)C4)nc32)cc1. The van der Waals surface area contributed by atoms with Crippen LogP contribution in [-0.2, 0) is 6.54 Å². The molecule has 2 aromatic carbocycles. The van der Waals surface area contributed by atoms with E-state index >= 15 is 0 Å². The standard InChI is InChI=1S/C24H24FN7O2/c1-15-4-6-16(7-5-15)13-32-22-20(29-30-32)23(33)28-21(27-22)17-3-2-12-31(14-17)24(34)26-19-10-8-18(25)9-11-19/h4-11,17H,2-3,12-14H2,1H3,(H,26,34)(H,27,28,33)/t17-/m0/s1. The molecule has 1 fully saturated rings. The van der Waals surface area contributed by atoms with E-state index in [9.17, 15) is 14.0 Å². The molecular formula is C24H24FN7O2. The summed E-state index contributed by atoms with van der Waals surface area (Å²) in [5.41, 5.74) is 2.98. The van der Waals surface area contributed by atoms with Crippen molar-refractivity contribution in [3.8, 4) is 0 Å². The van der Waals surface area contributed by atoms with Crippen molar-refractivity contribution >= 4 is 22.9 Å².